The van der Waals surface area contributed by atoms with Crippen LogP contribution in [0.2, 0.25) is 0 Å². The smallest absolute Gasteiger partial charge is 0.314 e. The third-order valence-corrected chi connectivity index (χ3v) is 2.28. The van der Waals surface area contributed by atoms with E-state index in [2.05, 4.69) is 6.58 Å². The quantitative estimate of drug-likeness (QED) is 0.697. The van der Waals surface area contributed by atoms with Gasteiger partial charge in [0.15, 0.2) is 0 Å². The van der Waals surface area contributed by atoms with Gasteiger partial charge in [-0.2, -0.15) is 0 Å². The normalized spacial score (nSPS) is 18.4. The summed E-state index contributed by atoms with van der Waals surface area (Å²) in [5.41, 5.74) is 1.04. The van der Waals surface area contributed by atoms with Crippen LogP contribution in [-0.2, 0) is 4.79 Å². The zero-order valence-electron chi connectivity index (χ0n) is 7.60. The van der Waals surface area contributed by atoms with E-state index in [1.807, 2.05) is 24.3 Å². The van der Waals surface area contributed by atoms with Gasteiger partial charge < -0.3 is 5.11 Å². The van der Waals surface area contributed by atoms with E-state index in [1.165, 1.54) is 0 Å². The van der Waals surface area contributed by atoms with Gasteiger partial charge in [-0.25, -0.2) is 0 Å². The Morgan fingerprint density at radius 1 is 1.43 bits per heavy atom. The standard InChI is InChI=1S/C12H10O2/c1-8-2-3-10-7-11(12(13)14)5-4-9(10)6-8/h2-7,11H,1H2,(H,13,14). The van der Waals surface area contributed by atoms with E-state index in [0.717, 1.165) is 16.0 Å². The van der Waals surface area contributed by atoms with Crippen LogP contribution in [0.3, 0.4) is 0 Å². The fraction of sp³-hybridized carbons (Fsp3) is 0.0833. The molecule has 2 nitrogen and oxygen atoms in total. The summed E-state index contributed by atoms with van der Waals surface area (Å²) in [6.07, 6.45) is 5.27. The highest BCUT2D eigenvalue weighted by molar-refractivity contribution is 5.82. The summed E-state index contributed by atoms with van der Waals surface area (Å²) in [5, 5.41) is 10.7. The van der Waals surface area contributed by atoms with E-state index >= 15 is 0 Å². The molecule has 0 saturated heterocycles. The van der Waals surface area contributed by atoms with Gasteiger partial charge in [0.05, 0.1) is 5.92 Å². The highest BCUT2D eigenvalue weighted by Gasteiger charge is 2.12. The molecule has 0 aromatic heterocycles. The Bertz CT molecular complexity index is 512. The van der Waals surface area contributed by atoms with Crippen LogP contribution in [-0.4, -0.2) is 11.1 Å². The maximum atomic E-state index is 10.7. The molecule has 14 heavy (non-hydrogen) atoms. The van der Waals surface area contributed by atoms with E-state index < -0.39 is 11.9 Å². The van der Waals surface area contributed by atoms with Crippen LogP contribution in [0.4, 0.5) is 0 Å². The predicted octanol–water partition coefficient (Wildman–Crippen LogP) is 0.605. The van der Waals surface area contributed by atoms with Crippen LogP contribution in [0.15, 0.2) is 24.3 Å². The molecule has 1 aromatic rings. The monoisotopic (exact) mass is 186 g/mol. The summed E-state index contributed by atoms with van der Waals surface area (Å²) < 4.78 is 0. The number of hydrogen-bond donors (Lipinski definition) is 1. The molecule has 0 aliphatic heterocycles. The molecule has 2 rings (SSSR count). The molecule has 0 amide bonds. The summed E-state index contributed by atoms with van der Waals surface area (Å²) in [6, 6.07) is 5.73. The summed E-state index contributed by atoms with van der Waals surface area (Å²) in [6.45, 7) is 3.82. The Morgan fingerprint density at radius 2 is 2.21 bits per heavy atom. The zero-order valence-corrected chi connectivity index (χ0v) is 7.60. The molecule has 1 aliphatic rings. The van der Waals surface area contributed by atoms with Gasteiger partial charge in [0, 0.05) is 0 Å². The Morgan fingerprint density at radius 3 is 2.93 bits per heavy atom. The van der Waals surface area contributed by atoms with Crippen LogP contribution in [0, 0.1) is 5.92 Å². The first-order chi connectivity index (χ1) is 6.66. The largest absolute Gasteiger partial charge is 0.481 e. The molecule has 0 radical (unpaired) electrons. The van der Waals surface area contributed by atoms with E-state index in [9.17, 15) is 4.79 Å². The van der Waals surface area contributed by atoms with Gasteiger partial charge in [-0.15, -0.1) is 0 Å². The number of aliphatic carboxylic acids is 1. The highest BCUT2D eigenvalue weighted by Crippen LogP contribution is 2.09. The maximum absolute atomic E-state index is 10.7. The molecule has 1 atom stereocenters. The van der Waals surface area contributed by atoms with Crippen LogP contribution in [0.1, 0.15) is 5.56 Å². The Kier molecular flexibility index (Phi) is 1.97. The van der Waals surface area contributed by atoms with Gasteiger partial charge in [0.2, 0.25) is 0 Å². The molecular weight excluding hydrogens is 176 g/mol. The maximum Gasteiger partial charge on any atom is 0.314 e. The van der Waals surface area contributed by atoms with E-state index in [4.69, 9.17) is 5.11 Å². The lowest BCUT2D eigenvalue weighted by molar-refractivity contribution is -0.138. The number of benzene rings is 1. The minimum Gasteiger partial charge on any atom is -0.481 e. The van der Waals surface area contributed by atoms with Crippen LogP contribution < -0.4 is 10.4 Å². The molecule has 1 unspecified atom stereocenters. The number of carboxylic acids is 1. The molecule has 70 valence electrons. The average Bonchev–Trinajstić information content (AvgIpc) is 2.16. The second kappa shape index (κ2) is 3.14. The van der Waals surface area contributed by atoms with Crippen molar-refractivity contribution in [2.75, 3.05) is 0 Å². The van der Waals surface area contributed by atoms with Gasteiger partial charge in [0.25, 0.3) is 0 Å². The van der Waals surface area contributed by atoms with Gasteiger partial charge in [0.1, 0.15) is 0 Å². The molecular formula is C12H10O2. The van der Waals surface area contributed by atoms with Crippen molar-refractivity contribution in [3.05, 3.63) is 40.3 Å². The Balaban J connectivity index is 2.59. The van der Waals surface area contributed by atoms with E-state index in [-0.39, 0.29) is 0 Å². The van der Waals surface area contributed by atoms with Gasteiger partial charge in [-0.1, -0.05) is 36.9 Å². The second-order valence-electron chi connectivity index (χ2n) is 3.35. The summed E-state index contributed by atoms with van der Waals surface area (Å²) in [5.74, 6) is -1.32. The SMILES string of the molecule is C=c1ccc2c(c1)C=CC(C(=O)O)C=2. The first-order valence-corrected chi connectivity index (χ1v) is 4.39. The number of fused-ring (bicyclic) bond motifs is 1. The van der Waals surface area contributed by atoms with Gasteiger partial charge in [-0.3, -0.25) is 4.79 Å². The third-order valence-electron chi connectivity index (χ3n) is 2.28. The lowest BCUT2D eigenvalue weighted by Crippen LogP contribution is -2.19. The molecule has 1 aliphatic carbocycles. The number of carbonyl (C=O) groups is 1. The number of rotatable bonds is 1. The molecule has 0 saturated carbocycles. The fourth-order valence-electron chi connectivity index (χ4n) is 1.53. The van der Waals surface area contributed by atoms with Crippen molar-refractivity contribution in [3.63, 3.8) is 0 Å². The first kappa shape index (κ1) is 8.75. The van der Waals surface area contributed by atoms with Crippen molar-refractivity contribution in [3.8, 4) is 0 Å². The van der Waals surface area contributed by atoms with Gasteiger partial charge >= 0.3 is 5.97 Å². The third kappa shape index (κ3) is 1.46. The zero-order chi connectivity index (χ0) is 10.1. The van der Waals surface area contributed by atoms with E-state index in [1.54, 1.807) is 12.2 Å². The van der Waals surface area contributed by atoms with Gasteiger partial charge in [-0.05, 0) is 22.1 Å². The summed E-state index contributed by atoms with van der Waals surface area (Å²) in [7, 11) is 0. The number of carboxylic acid groups (broad SMARTS) is 1. The summed E-state index contributed by atoms with van der Waals surface area (Å²) >= 11 is 0. The first-order valence-electron chi connectivity index (χ1n) is 4.39. The molecule has 0 spiro atoms. The van der Waals surface area contributed by atoms with Crippen LogP contribution in [0.25, 0.3) is 18.7 Å². The predicted molar refractivity (Wildman–Crippen MR) is 55.8 cm³/mol. The highest BCUT2D eigenvalue weighted by atomic mass is 16.4. The molecule has 1 N–H and O–H groups in total. The minimum absolute atomic E-state index is 0.502. The van der Waals surface area contributed by atoms with Crippen molar-refractivity contribution < 1.29 is 9.90 Å². The van der Waals surface area contributed by atoms with Crippen molar-refractivity contribution in [1.82, 2.24) is 0 Å². The lowest BCUT2D eigenvalue weighted by Gasteiger charge is -2.07. The minimum atomic E-state index is -0.814. The van der Waals surface area contributed by atoms with E-state index in [0.29, 0.717) is 0 Å². The van der Waals surface area contributed by atoms with Crippen molar-refractivity contribution >= 4 is 24.7 Å². The Labute approximate surface area is 81.5 Å². The van der Waals surface area contributed by atoms with Crippen LogP contribution >= 0.6 is 0 Å². The second-order valence-corrected chi connectivity index (χ2v) is 3.35. The lowest BCUT2D eigenvalue weighted by atomic mass is 9.98. The topological polar surface area (TPSA) is 37.3 Å². The van der Waals surface area contributed by atoms with Crippen molar-refractivity contribution in [2.45, 2.75) is 0 Å². The van der Waals surface area contributed by atoms with Crippen molar-refractivity contribution in [1.29, 1.82) is 0 Å². The average molecular weight is 186 g/mol. The number of hydrogen-bond acceptors (Lipinski definition) is 1. The Hall–Kier alpha value is -1.83. The van der Waals surface area contributed by atoms with Crippen molar-refractivity contribution in [2.24, 2.45) is 5.92 Å². The molecule has 0 bridgehead atoms. The molecule has 0 fully saturated rings. The molecule has 0 heterocycles. The fourth-order valence-corrected chi connectivity index (χ4v) is 1.53. The summed E-state index contributed by atoms with van der Waals surface area (Å²) in [4.78, 5) is 10.7. The van der Waals surface area contributed by atoms with Crippen LogP contribution in [0.5, 0.6) is 0 Å². The molecule has 1 aromatic carbocycles. The molecule has 2 heteroatoms.